The average molecular weight is 397 g/mol. The number of nitrogens with zero attached hydrogens (tertiary/aromatic N) is 4. The van der Waals surface area contributed by atoms with Gasteiger partial charge in [-0.25, -0.2) is 9.78 Å². The van der Waals surface area contributed by atoms with Crippen LogP contribution in [0, 0.1) is 23.7 Å². The molecule has 0 bridgehead atoms. The summed E-state index contributed by atoms with van der Waals surface area (Å²) in [6.45, 7) is 10.8. The van der Waals surface area contributed by atoms with Crippen molar-refractivity contribution in [3.8, 4) is 12.3 Å². The summed E-state index contributed by atoms with van der Waals surface area (Å²) in [4.78, 5) is 22.4. The van der Waals surface area contributed by atoms with Crippen LogP contribution in [-0.2, 0) is 11.2 Å². The van der Waals surface area contributed by atoms with Crippen LogP contribution in [0.5, 0.6) is 0 Å². The summed E-state index contributed by atoms with van der Waals surface area (Å²) < 4.78 is 10.6. The maximum atomic E-state index is 12.2. The van der Waals surface area contributed by atoms with Gasteiger partial charge in [0.1, 0.15) is 29.9 Å². The molecular weight excluding hydrogens is 370 g/mol. The standard InChI is InChI=1S/C21H27N5O3/c1-7-15(16-10-14(29-25-16)11-21(4,5)6)23-19-22-9-8-18(24-19)26-17(13(2)3)12-28-20(26)27/h1,8-10,13,15,17H,11-12H2,2-6H3,(H,22,23,24). The number of anilines is 2. The van der Waals surface area contributed by atoms with Crippen LogP contribution in [0.25, 0.3) is 0 Å². The first-order valence-corrected chi connectivity index (χ1v) is 9.65. The predicted molar refractivity (Wildman–Crippen MR) is 109 cm³/mol. The van der Waals surface area contributed by atoms with Crippen molar-refractivity contribution in [3.63, 3.8) is 0 Å². The van der Waals surface area contributed by atoms with Crippen molar-refractivity contribution in [3.05, 3.63) is 29.8 Å². The number of ether oxygens (including phenoxy) is 1. The Bertz CT molecular complexity index is 910. The molecule has 0 spiro atoms. The van der Waals surface area contributed by atoms with Gasteiger partial charge in [0.25, 0.3) is 0 Å². The monoisotopic (exact) mass is 397 g/mol. The number of carbonyl (C=O) groups is 1. The smallest absolute Gasteiger partial charge is 0.415 e. The van der Waals surface area contributed by atoms with Crippen LogP contribution in [-0.4, -0.2) is 33.9 Å². The molecule has 1 aliphatic heterocycles. The van der Waals surface area contributed by atoms with E-state index < -0.39 is 12.1 Å². The van der Waals surface area contributed by atoms with Crippen LogP contribution in [0.2, 0.25) is 0 Å². The molecule has 0 aromatic carbocycles. The quantitative estimate of drug-likeness (QED) is 0.741. The van der Waals surface area contributed by atoms with Gasteiger partial charge in [0, 0.05) is 18.7 Å². The maximum Gasteiger partial charge on any atom is 0.415 e. The molecule has 1 saturated heterocycles. The van der Waals surface area contributed by atoms with E-state index in [1.165, 1.54) is 0 Å². The zero-order valence-electron chi connectivity index (χ0n) is 17.5. The molecule has 8 nitrogen and oxygen atoms in total. The normalized spacial score (nSPS) is 17.9. The van der Waals surface area contributed by atoms with Gasteiger partial charge in [0.2, 0.25) is 5.95 Å². The Labute approximate surface area is 171 Å². The molecule has 8 heteroatoms. The van der Waals surface area contributed by atoms with Gasteiger partial charge >= 0.3 is 6.09 Å². The highest BCUT2D eigenvalue weighted by Gasteiger charge is 2.37. The Kier molecular flexibility index (Phi) is 5.78. The van der Waals surface area contributed by atoms with E-state index in [-0.39, 0.29) is 17.4 Å². The lowest BCUT2D eigenvalue weighted by Gasteiger charge is -2.23. The van der Waals surface area contributed by atoms with Crippen molar-refractivity contribution in [2.75, 3.05) is 16.8 Å². The lowest BCUT2D eigenvalue weighted by molar-refractivity contribution is 0.177. The molecule has 1 fully saturated rings. The third-order valence-electron chi connectivity index (χ3n) is 4.58. The molecule has 3 heterocycles. The number of rotatable bonds is 6. The van der Waals surface area contributed by atoms with E-state index in [1.807, 2.05) is 19.9 Å². The second-order valence-corrected chi connectivity index (χ2v) is 8.70. The number of hydrogen-bond donors (Lipinski definition) is 1. The third kappa shape index (κ3) is 4.86. The number of cyclic esters (lactones) is 1. The summed E-state index contributed by atoms with van der Waals surface area (Å²) in [7, 11) is 0. The lowest BCUT2D eigenvalue weighted by Crippen LogP contribution is -2.37. The zero-order chi connectivity index (χ0) is 21.2. The molecule has 1 N–H and O–H groups in total. The van der Waals surface area contributed by atoms with Gasteiger partial charge in [0.15, 0.2) is 0 Å². The number of aromatic nitrogens is 3. The van der Waals surface area contributed by atoms with Gasteiger partial charge in [-0.2, -0.15) is 4.98 Å². The van der Waals surface area contributed by atoms with Gasteiger partial charge in [-0.3, -0.25) is 4.90 Å². The third-order valence-corrected chi connectivity index (χ3v) is 4.58. The van der Waals surface area contributed by atoms with Gasteiger partial charge in [-0.15, -0.1) is 6.42 Å². The molecule has 1 aliphatic rings. The van der Waals surface area contributed by atoms with Crippen LogP contribution >= 0.6 is 0 Å². The van der Waals surface area contributed by atoms with Crippen molar-refractivity contribution in [2.45, 2.75) is 53.1 Å². The molecule has 2 atom stereocenters. The molecule has 3 rings (SSSR count). The summed E-state index contributed by atoms with van der Waals surface area (Å²) in [5, 5.41) is 7.18. The Hall–Kier alpha value is -3.08. The van der Waals surface area contributed by atoms with E-state index in [0.29, 0.717) is 24.1 Å². The fourth-order valence-electron chi connectivity index (χ4n) is 3.14. The molecular formula is C21H27N5O3. The highest BCUT2D eigenvalue weighted by Crippen LogP contribution is 2.27. The first kappa shape index (κ1) is 20.6. The average Bonchev–Trinajstić information content (AvgIpc) is 3.25. The summed E-state index contributed by atoms with van der Waals surface area (Å²) in [6, 6.07) is 2.88. The van der Waals surface area contributed by atoms with Crippen molar-refractivity contribution < 1.29 is 14.1 Å². The van der Waals surface area contributed by atoms with E-state index >= 15 is 0 Å². The van der Waals surface area contributed by atoms with Crippen molar-refractivity contribution in [2.24, 2.45) is 11.3 Å². The van der Waals surface area contributed by atoms with Gasteiger partial charge in [-0.05, 0) is 17.4 Å². The number of terminal acetylenes is 1. The summed E-state index contributed by atoms with van der Waals surface area (Å²) >= 11 is 0. The number of nitrogens with one attached hydrogen (secondary N) is 1. The van der Waals surface area contributed by atoms with Gasteiger partial charge in [-0.1, -0.05) is 45.7 Å². The molecule has 154 valence electrons. The van der Waals surface area contributed by atoms with E-state index in [9.17, 15) is 4.79 Å². The minimum Gasteiger partial charge on any atom is -0.447 e. The molecule has 0 radical (unpaired) electrons. The summed E-state index contributed by atoms with van der Waals surface area (Å²) in [5.41, 5.74) is 0.659. The molecule has 2 aromatic rings. The van der Waals surface area contributed by atoms with Crippen LogP contribution in [0.3, 0.4) is 0 Å². The first-order chi connectivity index (χ1) is 13.7. The highest BCUT2D eigenvalue weighted by atomic mass is 16.6. The highest BCUT2D eigenvalue weighted by molar-refractivity contribution is 5.89. The second kappa shape index (κ2) is 8.11. The van der Waals surface area contributed by atoms with Crippen molar-refractivity contribution >= 4 is 17.9 Å². The fourth-order valence-corrected chi connectivity index (χ4v) is 3.14. The topological polar surface area (TPSA) is 93.4 Å². The van der Waals surface area contributed by atoms with Crippen LogP contribution in [0.1, 0.15) is 52.1 Å². The lowest BCUT2D eigenvalue weighted by atomic mass is 9.91. The molecule has 0 aliphatic carbocycles. The van der Waals surface area contributed by atoms with Gasteiger partial charge in [0.05, 0.1) is 6.04 Å². The summed E-state index contributed by atoms with van der Waals surface area (Å²) in [6.07, 6.45) is 7.61. The zero-order valence-corrected chi connectivity index (χ0v) is 17.5. The van der Waals surface area contributed by atoms with E-state index in [4.69, 9.17) is 15.7 Å². The summed E-state index contributed by atoms with van der Waals surface area (Å²) in [5.74, 6) is 4.41. The minimum absolute atomic E-state index is 0.0740. The Balaban J connectivity index is 1.79. The van der Waals surface area contributed by atoms with Crippen LogP contribution in [0.4, 0.5) is 16.6 Å². The Morgan fingerprint density at radius 1 is 1.41 bits per heavy atom. The number of amides is 1. The van der Waals surface area contributed by atoms with E-state index in [0.717, 1.165) is 12.2 Å². The first-order valence-electron chi connectivity index (χ1n) is 9.65. The SMILES string of the molecule is C#CC(Nc1nccc(N2C(=O)OCC2C(C)C)n1)c1cc(CC(C)(C)C)on1. The fraction of sp³-hybridized carbons (Fsp3) is 0.524. The van der Waals surface area contributed by atoms with Gasteiger partial charge < -0.3 is 14.6 Å². The molecule has 2 unspecified atom stereocenters. The second-order valence-electron chi connectivity index (χ2n) is 8.70. The predicted octanol–water partition coefficient (Wildman–Crippen LogP) is 3.82. The van der Waals surface area contributed by atoms with Crippen LogP contribution < -0.4 is 10.2 Å². The number of hydrogen-bond acceptors (Lipinski definition) is 7. The molecule has 1 amide bonds. The molecule has 0 saturated carbocycles. The van der Waals surface area contributed by atoms with Crippen LogP contribution in [0.15, 0.2) is 22.9 Å². The maximum absolute atomic E-state index is 12.2. The van der Waals surface area contributed by atoms with E-state index in [2.05, 4.69) is 47.1 Å². The van der Waals surface area contributed by atoms with Crippen molar-refractivity contribution in [1.82, 2.24) is 15.1 Å². The van der Waals surface area contributed by atoms with E-state index in [1.54, 1.807) is 17.2 Å². The largest absolute Gasteiger partial charge is 0.447 e. The molecule has 2 aromatic heterocycles. The van der Waals surface area contributed by atoms with Crippen molar-refractivity contribution in [1.29, 1.82) is 0 Å². The Morgan fingerprint density at radius 3 is 2.83 bits per heavy atom. The molecule has 29 heavy (non-hydrogen) atoms. The Morgan fingerprint density at radius 2 is 2.17 bits per heavy atom. The number of carbonyl (C=O) groups excluding carboxylic acids is 1. The minimum atomic E-state index is -0.561.